The van der Waals surface area contributed by atoms with Gasteiger partial charge in [0, 0.05) is 30.9 Å². The summed E-state index contributed by atoms with van der Waals surface area (Å²) < 4.78 is 61.0. The van der Waals surface area contributed by atoms with Crippen molar-refractivity contribution in [1.29, 1.82) is 0 Å². The Balaban J connectivity index is 1.59. The van der Waals surface area contributed by atoms with Crippen LogP contribution in [0.5, 0.6) is 5.75 Å². The van der Waals surface area contributed by atoms with E-state index in [1.165, 1.54) is 25.3 Å². The molecule has 6 nitrogen and oxygen atoms in total. The number of piperazine rings is 1. The molecular weight excluding hydrogens is 460 g/mol. The number of hydrogen-bond acceptors (Lipinski definition) is 5. The van der Waals surface area contributed by atoms with Gasteiger partial charge in [-0.3, -0.25) is 4.72 Å². The van der Waals surface area contributed by atoms with Crippen molar-refractivity contribution in [1.82, 2.24) is 5.32 Å². The van der Waals surface area contributed by atoms with Gasteiger partial charge in [0.15, 0.2) is 11.6 Å². The second kappa shape index (κ2) is 9.60. The zero-order valence-corrected chi connectivity index (χ0v) is 20.0. The first-order valence-corrected chi connectivity index (χ1v) is 12.4. The van der Waals surface area contributed by atoms with Crippen molar-refractivity contribution < 1.29 is 21.9 Å². The van der Waals surface area contributed by atoms with Crippen LogP contribution in [0.3, 0.4) is 0 Å². The summed E-state index contributed by atoms with van der Waals surface area (Å²) in [6, 6.07) is 15.6. The van der Waals surface area contributed by atoms with E-state index >= 15 is 0 Å². The summed E-state index contributed by atoms with van der Waals surface area (Å²) in [6.07, 6.45) is 0. The third kappa shape index (κ3) is 5.15. The second-order valence-electron chi connectivity index (χ2n) is 8.52. The van der Waals surface area contributed by atoms with Gasteiger partial charge < -0.3 is 15.0 Å². The SMILES string of the molecule is COc1ccc(N2CC(C)NC(C)C2)cc1NS(=O)(=O)c1ccc(-c2ccc(F)c(F)c2)cc1. The number of sulfonamides is 1. The first-order chi connectivity index (χ1) is 16.2. The summed E-state index contributed by atoms with van der Waals surface area (Å²) in [4.78, 5) is 2.25. The molecule has 0 aliphatic carbocycles. The number of rotatable bonds is 6. The van der Waals surface area contributed by atoms with Gasteiger partial charge in [-0.2, -0.15) is 0 Å². The van der Waals surface area contributed by atoms with E-state index in [4.69, 9.17) is 4.74 Å². The lowest BCUT2D eigenvalue weighted by Crippen LogP contribution is -2.54. The molecule has 0 amide bonds. The molecule has 1 aliphatic rings. The highest BCUT2D eigenvalue weighted by molar-refractivity contribution is 7.92. The highest BCUT2D eigenvalue weighted by Crippen LogP contribution is 2.33. The predicted octanol–water partition coefficient (Wildman–Crippen LogP) is 4.63. The first-order valence-electron chi connectivity index (χ1n) is 10.9. The maximum atomic E-state index is 13.6. The molecule has 0 radical (unpaired) electrons. The molecule has 1 heterocycles. The smallest absolute Gasteiger partial charge is 0.262 e. The molecule has 34 heavy (non-hydrogen) atoms. The molecular formula is C25H27F2N3O3S. The van der Waals surface area contributed by atoms with Gasteiger partial charge in [-0.15, -0.1) is 0 Å². The molecule has 3 aromatic rings. The molecule has 1 aliphatic heterocycles. The topological polar surface area (TPSA) is 70.7 Å². The molecule has 9 heteroatoms. The molecule has 2 N–H and O–H groups in total. The van der Waals surface area contributed by atoms with Crippen LogP contribution in [0.25, 0.3) is 11.1 Å². The molecule has 0 spiro atoms. The highest BCUT2D eigenvalue weighted by atomic mass is 32.2. The predicted molar refractivity (Wildman–Crippen MR) is 130 cm³/mol. The van der Waals surface area contributed by atoms with Gasteiger partial charge in [-0.1, -0.05) is 18.2 Å². The molecule has 0 saturated carbocycles. The van der Waals surface area contributed by atoms with E-state index in [9.17, 15) is 17.2 Å². The lowest BCUT2D eigenvalue weighted by Gasteiger charge is -2.38. The molecule has 2 atom stereocenters. The van der Waals surface area contributed by atoms with Crippen LogP contribution in [0.2, 0.25) is 0 Å². The number of nitrogens with one attached hydrogen (secondary N) is 2. The number of halogens is 2. The van der Waals surface area contributed by atoms with Crippen LogP contribution < -0.4 is 19.7 Å². The number of benzene rings is 3. The number of nitrogens with zero attached hydrogens (tertiary/aromatic N) is 1. The molecule has 3 aromatic carbocycles. The van der Waals surface area contributed by atoms with Crippen LogP contribution in [-0.2, 0) is 10.0 Å². The Bertz CT molecular complexity index is 1270. The van der Waals surface area contributed by atoms with E-state index < -0.39 is 21.7 Å². The van der Waals surface area contributed by atoms with Crippen LogP contribution in [0.1, 0.15) is 13.8 Å². The number of hydrogen-bond donors (Lipinski definition) is 2. The number of anilines is 2. The molecule has 180 valence electrons. The maximum Gasteiger partial charge on any atom is 0.262 e. The van der Waals surface area contributed by atoms with Crippen molar-refractivity contribution in [3.05, 3.63) is 72.3 Å². The van der Waals surface area contributed by atoms with Crippen LogP contribution in [0, 0.1) is 11.6 Å². The summed E-state index contributed by atoms with van der Waals surface area (Å²) in [5, 5.41) is 3.48. The fraction of sp³-hybridized carbons (Fsp3) is 0.280. The van der Waals surface area contributed by atoms with Crippen LogP contribution in [-0.4, -0.2) is 40.7 Å². The van der Waals surface area contributed by atoms with Gasteiger partial charge in [0.05, 0.1) is 17.7 Å². The Morgan fingerprint density at radius 3 is 2.18 bits per heavy atom. The Morgan fingerprint density at radius 1 is 0.912 bits per heavy atom. The third-order valence-corrected chi connectivity index (χ3v) is 7.15. The molecule has 1 fully saturated rings. The minimum atomic E-state index is -3.92. The van der Waals surface area contributed by atoms with E-state index in [2.05, 4.69) is 28.8 Å². The fourth-order valence-corrected chi connectivity index (χ4v) is 5.28. The highest BCUT2D eigenvalue weighted by Gasteiger charge is 2.23. The average Bonchev–Trinajstić information content (AvgIpc) is 2.80. The van der Waals surface area contributed by atoms with E-state index in [1.54, 1.807) is 24.3 Å². The summed E-state index contributed by atoms with van der Waals surface area (Å²) in [7, 11) is -2.44. The summed E-state index contributed by atoms with van der Waals surface area (Å²) >= 11 is 0. The monoisotopic (exact) mass is 487 g/mol. The van der Waals surface area contributed by atoms with Crippen LogP contribution >= 0.6 is 0 Å². The number of ether oxygens (including phenoxy) is 1. The van der Waals surface area contributed by atoms with Crippen molar-refractivity contribution in [3.63, 3.8) is 0 Å². The van der Waals surface area contributed by atoms with Crippen molar-refractivity contribution in [2.24, 2.45) is 0 Å². The summed E-state index contributed by atoms with van der Waals surface area (Å²) in [5.41, 5.74) is 2.25. The van der Waals surface area contributed by atoms with E-state index in [0.717, 1.165) is 30.9 Å². The van der Waals surface area contributed by atoms with Crippen LogP contribution in [0.15, 0.2) is 65.6 Å². The van der Waals surface area contributed by atoms with Gasteiger partial charge in [-0.05, 0) is 67.4 Å². The largest absolute Gasteiger partial charge is 0.495 e. The standard InChI is InChI=1S/C25H27F2N3O3S/c1-16-14-30(15-17(2)28-16)20-7-11-25(33-3)24(13-20)29-34(31,32)21-8-4-18(5-9-21)19-6-10-22(26)23(27)12-19/h4-13,16-17,28-29H,14-15H2,1-3H3. The Hall–Kier alpha value is -3.17. The zero-order chi connectivity index (χ0) is 24.5. The third-order valence-electron chi connectivity index (χ3n) is 5.77. The molecule has 4 rings (SSSR count). The average molecular weight is 488 g/mol. The molecule has 0 bridgehead atoms. The van der Waals surface area contributed by atoms with Gasteiger partial charge in [-0.25, -0.2) is 17.2 Å². The molecule has 0 aromatic heterocycles. The van der Waals surface area contributed by atoms with Crippen molar-refractivity contribution in [2.75, 3.05) is 29.8 Å². The Kier molecular flexibility index (Phi) is 6.77. The minimum Gasteiger partial charge on any atom is -0.495 e. The van der Waals surface area contributed by atoms with Crippen molar-refractivity contribution in [2.45, 2.75) is 30.8 Å². The van der Waals surface area contributed by atoms with E-state index in [-0.39, 0.29) is 4.90 Å². The first kappa shape index (κ1) is 24.0. The zero-order valence-electron chi connectivity index (χ0n) is 19.2. The van der Waals surface area contributed by atoms with Gasteiger partial charge in [0.1, 0.15) is 5.75 Å². The Labute approximate surface area is 198 Å². The summed E-state index contributed by atoms with van der Waals surface area (Å²) in [6.45, 7) is 5.82. The van der Waals surface area contributed by atoms with Crippen molar-refractivity contribution in [3.8, 4) is 16.9 Å². The van der Waals surface area contributed by atoms with Crippen molar-refractivity contribution >= 4 is 21.4 Å². The van der Waals surface area contributed by atoms with Gasteiger partial charge >= 0.3 is 0 Å². The van der Waals surface area contributed by atoms with E-state index in [1.807, 2.05) is 6.07 Å². The normalized spacial score (nSPS) is 18.6. The quantitative estimate of drug-likeness (QED) is 0.531. The second-order valence-corrected chi connectivity index (χ2v) is 10.2. The summed E-state index contributed by atoms with van der Waals surface area (Å²) in [5.74, 6) is -1.49. The fourth-order valence-electron chi connectivity index (χ4n) is 4.22. The molecule has 1 saturated heterocycles. The molecule has 2 unspecified atom stereocenters. The lowest BCUT2D eigenvalue weighted by molar-refractivity contribution is 0.406. The minimum absolute atomic E-state index is 0.0377. The van der Waals surface area contributed by atoms with E-state index in [0.29, 0.717) is 34.6 Å². The maximum absolute atomic E-state index is 13.6. The lowest BCUT2D eigenvalue weighted by atomic mass is 10.1. The van der Waals surface area contributed by atoms with Gasteiger partial charge in [0.25, 0.3) is 10.0 Å². The number of methoxy groups -OCH3 is 1. The Morgan fingerprint density at radius 2 is 1.56 bits per heavy atom. The van der Waals surface area contributed by atoms with Gasteiger partial charge in [0.2, 0.25) is 0 Å². The van der Waals surface area contributed by atoms with Crippen LogP contribution in [0.4, 0.5) is 20.2 Å².